The zero-order valence-electron chi connectivity index (χ0n) is 11.5. The summed E-state index contributed by atoms with van der Waals surface area (Å²) < 4.78 is 18.3. The molecular formula is C16H15ClFNO2. The number of nitrogens with one attached hydrogen (secondary N) is 1. The van der Waals surface area contributed by atoms with Crippen molar-refractivity contribution in [2.45, 2.75) is 12.8 Å². The molecule has 2 rings (SSSR count). The summed E-state index contributed by atoms with van der Waals surface area (Å²) in [7, 11) is 0. The average Bonchev–Trinajstić information content (AvgIpc) is 2.49. The maximum atomic E-state index is 12.8. The van der Waals surface area contributed by atoms with Gasteiger partial charge in [0.05, 0.1) is 12.5 Å². The van der Waals surface area contributed by atoms with Gasteiger partial charge in [0.2, 0.25) is 0 Å². The maximum absolute atomic E-state index is 12.8. The molecule has 21 heavy (non-hydrogen) atoms. The molecule has 1 amide bonds. The van der Waals surface area contributed by atoms with Gasteiger partial charge in [0.15, 0.2) is 0 Å². The molecule has 1 N–H and O–H groups in total. The summed E-state index contributed by atoms with van der Waals surface area (Å²) in [6.07, 6.45) is 0. The predicted molar refractivity (Wildman–Crippen MR) is 81.5 cm³/mol. The first kappa shape index (κ1) is 15.3. The van der Waals surface area contributed by atoms with Crippen molar-refractivity contribution < 1.29 is 13.9 Å². The summed E-state index contributed by atoms with van der Waals surface area (Å²) in [5, 5.41) is 2.75. The Balaban J connectivity index is 2.15. The molecule has 0 aromatic heterocycles. The number of hydrogen-bond acceptors (Lipinski definition) is 2. The first-order valence-corrected chi connectivity index (χ1v) is 7.06. The molecule has 0 fully saturated rings. The number of halogens is 2. The molecular weight excluding hydrogens is 293 g/mol. The van der Waals surface area contributed by atoms with E-state index in [1.165, 1.54) is 24.3 Å². The van der Waals surface area contributed by atoms with E-state index in [9.17, 15) is 9.18 Å². The highest BCUT2D eigenvalue weighted by molar-refractivity contribution is 6.17. The zero-order chi connectivity index (χ0) is 15.2. The number of carbonyl (C=O) groups is 1. The summed E-state index contributed by atoms with van der Waals surface area (Å²) in [5.74, 6) is 0.305. The average molecular weight is 308 g/mol. The maximum Gasteiger partial charge on any atom is 0.255 e. The smallest absolute Gasteiger partial charge is 0.255 e. The van der Waals surface area contributed by atoms with Crippen LogP contribution in [0.15, 0.2) is 42.5 Å². The van der Waals surface area contributed by atoms with Crippen LogP contribution in [0.5, 0.6) is 5.75 Å². The summed E-state index contributed by atoms with van der Waals surface area (Å²) in [6.45, 7) is 2.44. The van der Waals surface area contributed by atoms with Crippen LogP contribution in [-0.2, 0) is 5.88 Å². The van der Waals surface area contributed by atoms with Gasteiger partial charge in [-0.15, -0.1) is 11.6 Å². The highest BCUT2D eigenvalue weighted by Crippen LogP contribution is 2.25. The van der Waals surface area contributed by atoms with Crippen molar-refractivity contribution in [3.05, 3.63) is 59.4 Å². The molecule has 0 heterocycles. The summed E-state index contributed by atoms with van der Waals surface area (Å²) in [5.41, 5.74) is 1.80. The lowest BCUT2D eigenvalue weighted by Crippen LogP contribution is -2.12. The van der Waals surface area contributed by atoms with Crippen LogP contribution in [0.2, 0.25) is 0 Å². The summed E-state index contributed by atoms with van der Waals surface area (Å²) >= 11 is 5.88. The highest BCUT2D eigenvalue weighted by atomic mass is 35.5. The lowest BCUT2D eigenvalue weighted by Gasteiger charge is -2.11. The Labute approximate surface area is 127 Å². The van der Waals surface area contributed by atoms with Crippen LogP contribution in [0.4, 0.5) is 10.1 Å². The quantitative estimate of drug-likeness (QED) is 0.840. The SMILES string of the molecule is CCOc1ccc(NC(=O)c2ccc(F)cc2)cc1CCl. The van der Waals surface area contributed by atoms with Gasteiger partial charge in [-0.25, -0.2) is 4.39 Å². The fourth-order valence-electron chi connectivity index (χ4n) is 1.86. The molecule has 0 spiro atoms. The molecule has 0 saturated heterocycles. The second-order valence-corrected chi connectivity index (χ2v) is 4.62. The Morgan fingerprint density at radius 2 is 1.95 bits per heavy atom. The van der Waals surface area contributed by atoms with Crippen molar-refractivity contribution >= 4 is 23.2 Å². The molecule has 0 aliphatic carbocycles. The van der Waals surface area contributed by atoms with Gasteiger partial charge in [0, 0.05) is 16.8 Å². The Morgan fingerprint density at radius 1 is 1.24 bits per heavy atom. The first-order chi connectivity index (χ1) is 10.1. The Kier molecular flexibility index (Phi) is 5.17. The van der Waals surface area contributed by atoms with Crippen molar-refractivity contribution in [3.8, 4) is 5.75 Å². The van der Waals surface area contributed by atoms with E-state index in [2.05, 4.69) is 5.32 Å². The second-order valence-electron chi connectivity index (χ2n) is 4.35. The van der Waals surface area contributed by atoms with Gasteiger partial charge in [-0.2, -0.15) is 0 Å². The zero-order valence-corrected chi connectivity index (χ0v) is 12.3. The number of anilines is 1. The molecule has 0 aliphatic heterocycles. The number of alkyl halides is 1. The summed E-state index contributed by atoms with van der Waals surface area (Å²) in [4.78, 5) is 12.0. The lowest BCUT2D eigenvalue weighted by molar-refractivity contribution is 0.102. The molecule has 0 atom stereocenters. The van der Waals surface area contributed by atoms with Crippen LogP contribution >= 0.6 is 11.6 Å². The van der Waals surface area contributed by atoms with Crippen LogP contribution < -0.4 is 10.1 Å². The van der Waals surface area contributed by atoms with E-state index in [1.54, 1.807) is 18.2 Å². The van der Waals surface area contributed by atoms with E-state index in [-0.39, 0.29) is 17.6 Å². The predicted octanol–water partition coefficient (Wildman–Crippen LogP) is 4.22. The van der Waals surface area contributed by atoms with Crippen molar-refractivity contribution in [1.82, 2.24) is 0 Å². The highest BCUT2D eigenvalue weighted by Gasteiger charge is 2.09. The minimum absolute atomic E-state index is 0.287. The molecule has 2 aromatic rings. The van der Waals surface area contributed by atoms with Crippen LogP contribution in [0.1, 0.15) is 22.8 Å². The molecule has 0 radical (unpaired) electrons. The number of benzene rings is 2. The van der Waals surface area contributed by atoms with Gasteiger partial charge in [-0.05, 0) is 49.4 Å². The monoisotopic (exact) mass is 307 g/mol. The first-order valence-electron chi connectivity index (χ1n) is 6.52. The number of hydrogen-bond donors (Lipinski definition) is 1. The van der Waals surface area contributed by atoms with E-state index in [4.69, 9.17) is 16.3 Å². The van der Waals surface area contributed by atoms with Crippen molar-refractivity contribution in [2.75, 3.05) is 11.9 Å². The molecule has 0 bridgehead atoms. The van der Waals surface area contributed by atoms with E-state index in [0.717, 1.165) is 5.56 Å². The molecule has 3 nitrogen and oxygen atoms in total. The van der Waals surface area contributed by atoms with Crippen LogP contribution in [0.3, 0.4) is 0 Å². The minimum Gasteiger partial charge on any atom is -0.494 e. The molecule has 0 aliphatic rings. The van der Waals surface area contributed by atoms with Gasteiger partial charge in [-0.3, -0.25) is 4.79 Å². The van der Waals surface area contributed by atoms with Gasteiger partial charge < -0.3 is 10.1 Å². The van der Waals surface area contributed by atoms with Gasteiger partial charge in [0.1, 0.15) is 11.6 Å². The minimum atomic E-state index is -0.378. The molecule has 0 unspecified atom stereocenters. The normalized spacial score (nSPS) is 10.2. The fraction of sp³-hybridized carbons (Fsp3) is 0.188. The third-order valence-electron chi connectivity index (χ3n) is 2.87. The largest absolute Gasteiger partial charge is 0.494 e. The Morgan fingerprint density at radius 3 is 2.57 bits per heavy atom. The topological polar surface area (TPSA) is 38.3 Å². The van der Waals surface area contributed by atoms with Gasteiger partial charge in [0.25, 0.3) is 5.91 Å². The van der Waals surface area contributed by atoms with E-state index in [0.29, 0.717) is 23.6 Å². The third kappa shape index (κ3) is 3.95. The fourth-order valence-corrected chi connectivity index (χ4v) is 2.07. The molecule has 0 saturated carbocycles. The van der Waals surface area contributed by atoms with Crippen molar-refractivity contribution in [1.29, 1.82) is 0 Å². The molecule has 110 valence electrons. The van der Waals surface area contributed by atoms with Gasteiger partial charge >= 0.3 is 0 Å². The number of rotatable bonds is 5. The molecule has 2 aromatic carbocycles. The van der Waals surface area contributed by atoms with E-state index < -0.39 is 0 Å². The van der Waals surface area contributed by atoms with Crippen LogP contribution in [0.25, 0.3) is 0 Å². The number of amides is 1. The summed E-state index contributed by atoms with van der Waals surface area (Å²) in [6, 6.07) is 10.6. The van der Waals surface area contributed by atoms with Crippen LogP contribution in [0, 0.1) is 5.82 Å². The van der Waals surface area contributed by atoms with Gasteiger partial charge in [-0.1, -0.05) is 0 Å². The van der Waals surface area contributed by atoms with E-state index in [1.807, 2.05) is 6.92 Å². The number of carbonyl (C=O) groups excluding carboxylic acids is 1. The number of ether oxygens (including phenoxy) is 1. The molecule has 5 heteroatoms. The van der Waals surface area contributed by atoms with Crippen LogP contribution in [-0.4, -0.2) is 12.5 Å². The third-order valence-corrected chi connectivity index (χ3v) is 3.16. The van der Waals surface area contributed by atoms with Crippen molar-refractivity contribution in [3.63, 3.8) is 0 Å². The lowest BCUT2D eigenvalue weighted by atomic mass is 10.1. The Hall–Kier alpha value is -2.07. The van der Waals surface area contributed by atoms with E-state index >= 15 is 0 Å². The van der Waals surface area contributed by atoms with Crippen molar-refractivity contribution in [2.24, 2.45) is 0 Å². The second kappa shape index (κ2) is 7.09. The standard InChI is InChI=1S/C16H15ClFNO2/c1-2-21-15-8-7-14(9-12(15)10-17)19-16(20)11-3-5-13(18)6-4-11/h3-9H,2,10H2,1H3,(H,19,20). The Bertz CT molecular complexity index is 629.